The van der Waals surface area contributed by atoms with E-state index in [1.54, 1.807) is 53.7 Å². The maximum Gasteiger partial charge on any atom is 0.243 e. The first kappa shape index (κ1) is 22.4. The van der Waals surface area contributed by atoms with Crippen LogP contribution in [0.15, 0.2) is 48.8 Å². The van der Waals surface area contributed by atoms with Crippen LogP contribution in [0.1, 0.15) is 0 Å². The van der Waals surface area contributed by atoms with Gasteiger partial charge in [-0.05, 0) is 24.3 Å². The minimum absolute atomic E-state index is 0.0378. The summed E-state index contributed by atoms with van der Waals surface area (Å²) in [5.41, 5.74) is 0. The second kappa shape index (κ2) is 11.2. The standard InChI is InChI=1S/C21H16N12/c22-7-13-31(14-8-23)19-28-20(32(15-9-24)16-10-25)30-21(29-19)33(17-5-1-3-11-26-17)18-6-2-4-12-27-18/h1-6,11-12H,13-16H2. The molecule has 0 bridgehead atoms. The summed E-state index contributed by atoms with van der Waals surface area (Å²) >= 11 is 0. The fourth-order valence-corrected chi connectivity index (χ4v) is 2.76. The van der Waals surface area contributed by atoms with E-state index in [4.69, 9.17) is 0 Å². The average Bonchev–Trinajstić information content (AvgIpc) is 2.85. The topological polar surface area (TPSA) is 169 Å². The van der Waals surface area contributed by atoms with Crippen LogP contribution in [0.4, 0.5) is 29.5 Å². The molecule has 0 saturated heterocycles. The van der Waals surface area contributed by atoms with Gasteiger partial charge in [0.1, 0.15) is 37.8 Å². The van der Waals surface area contributed by atoms with E-state index in [0.29, 0.717) is 11.6 Å². The Hall–Kier alpha value is -5.33. The Morgan fingerprint density at radius 3 is 1.30 bits per heavy atom. The van der Waals surface area contributed by atoms with Crippen molar-refractivity contribution in [1.82, 2.24) is 24.9 Å². The van der Waals surface area contributed by atoms with Gasteiger partial charge in [-0.2, -0.15) is 36.0 Å². The molecule has 12 nitrogen and oxygen atoms in total. The lowest BCUT2D eigenvalue weighted by Crippen LogP contribution is -2.31. The molecule has 0 spiro atoms. The van der Waals surface area contributed by atoms with Gasteiger partial charge in [0, 0.05) is 12.4 Å². The van der Waals surface area contributed by atoms with Gasteiger partial charge in [-0.15, -0.1) is 0 Å². The van der Waals surface area contributed by atoms with Crippen LogP contribution in [0.25, 0.3) is 0 Å². The Bertz CT molecular complexity index is 1110. The smallest absolute Gasteiger partial charge is 0.243 e. The van der Waals surface area contributed by atoms with E-state index in [0.717, 1.165) is 0 Å². The highest BCUT2D eigenvalue weighted by Crippen LogP contribution is 2.30. The molecule has 0 unspecified atom stereocenters. The zero-order valence-corrected chi connectivity index (χ0v) is 17.3. The fourth-order valence-electron chi connectivity index (χ4n) is 2.76. The molecule has 0 aliphatic carbocycles. The van der Waals surface area contributed by atoms with Gasteiger partial charge in [0.15, 0.2) is 0 Å². The van der Waals surface area contributed by atoms with Crippen LogP contribution in [0.3, 0.4) is 0 Å². The first-order valence-electron chi connectivity index (χ1n) is 9.57. The number of anilines is 5. The van der Waals surface area contributed by atoms with Crippen LogP contribution in [-0.2, 0) is 0 Å². The van der Waals surface area contributed by atoms with E-state index in [-0.39, 0.29) is 44.0 Å². The Balaban J connectivity index is 2.25. The van der Waals surface area contributed by atoms with E-state index in [1.807, 2.05) is 24.3 Å². The van der Waals surface area contributed by atoms with Crippen molar-refractivity contribution in [3.8, 4) is 24.3 Å². The largest absolute Gasteiger partial charge is 0.314 e. The van der Waals surface area contributed by atoms with Gasteiger partial charge in [0.2, 0.25) is 17.8 Å². The number of nitriles is 4. The highest BCUT2D eigenvalue weighted by molar-refractivity contribution is 5.68. The van der Waals surface area contributed by atoms with Crippen molar-refractivity contribution in [3.05, 3.63) is 48.8 Å². The maximum atomic E-state index is 9.21. The molecule has 0 atom stereocenters. The first-order valence-corrected chi connectivity index (χ1v) is 9.57. The maximum absolute atomic E-state index is 9.21. The molecule has 160 valence electrons. The lowest BCUT2D eigenvalue weighted by molar-refractivity contribution is 0.832. The molecule has 0 N–H and O–H groups in total. The molecule has 0 aliphatic rings. The number of hydrogen-bond acceptors (Lipinski definition) is 12. The zero-order chi connectivity index (χ0) is 23.5. The molecule has 33 heavy (non-hydrogen) atoms. The molecule has 3 rings (SSSR count). The average molecular weight is 436 g/mol. The number of pyridine rings is 2. The van der Waals surface area contributed by atoms with E-state index in [2.05, 4.69) is 24.9 Å². The lowest BCUT2D eigenvalue weighted by Gasteiger charge is -2.25. The quantitative estimate of drug-likeness (QED) is 0.446. The Kier molecular flexibility index (Phi) is 7.57. The van der Waals surface area contributed by atoms with Crippen molar-refractivity contribution in [2.45, 2.75) is 0 Å². The summed E-state index contributed by atoms with van der Waals surface area (Å²) in [6, 6.07) is 18.5. The van der Waals surface area contributed by atoms with Gasteiger partial charge in [-0.25, -0.2) is 14.9 Å². The van der Waals surface area contributed by atoms with Crippen LogP contribution in [0, 0.1) is 45.3 Å². The number of nitrogens with zero attached hydrogens (tertiary/aromatic N) is 12. The summed E-state index contributed by atoms with van der Waals surface area (Å²) < 4.78 is 0. The molecule has 3 aromatic rings. The summed E-state index contributed by atoms with van der Waals surface area (Å²) in [5, 5.41) is 36.8. The van der Waals surface area contributed by atoms with Gasteiger partial charge >= 0.3 is 0 Å². The Labute approximate surface area is 189 Å². The van der Waals surface area contributed by atoms with Crippen molar-refractivity contribution in [2.24, 2.45) is 0 Å². The number of rotatable bonds is 9. The minimum Gasteiger partial charge on any atom is -0.314 e. The van der Waals surface area contributed by atoms with Gasteiger partial charge in [-0.1, -0.05) is 12.1 Å². The third-order valence-corrected chi connectivity index (χ3v) is 4.17. The van der Waals surface area contributed by atoms with E-state index in [9.17, 15) is 21.0 Å². The molecule has 3 aromatic heterocycles. The second-order valence-electron chi connectivity index (χ2n) is 6.29. The SMILES string of the molecule is N#CCN(CC#N)c1nc(N(CC#N)CC#N)nc(N(c2ccccn2)c2ccccn2)n1. The van der Waals surface area contributed by atoms with Gasteiger partial charge < -0.3 is 9.80 Å². The van der Waals surface area contributed by atoms with Crippen LogP contribution < -0.4 is 14.7 Å². The predicted molar refractivity (Wildman–Crippen MR) is 117 cm³/mol. The van der Waals surface area contributed by atoms with Crippen LogP contribution in [0.5, 0.6) is 0 Å². The zero-order valence-electron chi connectivity index (χ0n) is 17.3. The molecule has 0 radical (unpaired) electrons. The van der Waals surface area contributed by atoms with Gasteiger partial charge in [0.05, 0.1) is 24.3 Å². The molecule has 12 heteroatoms. The summed E-state index contributed by atoms with van der Waals surface area (Å²) in [6.07, 6.45) is 3.20. The van der Waals surface area contributed by atoms with E-state index < -0.39 is 0 Å². The minimum atomic E-state index is -0.153. The number of hydrogen-bond donors (Lipinski definition) is 0. The normalized spacial score (nSPS) is 9.58. The van der Waals surface area contributed by atoms with E-state index >= 15 is 0 Å². The van der Waals surface area contributed by atoms with Crippen LogP contribution in [0.2, 0.25) is 0 Å². The monoisotopic (exact) mass is 436 g/mol. The van der Waals surface area contributed by atoms with Crippen molar-refractivity contribution in [3.63, 3.8) is 0 Å². The third-order valence-electron chi connectivity index (χ3n) is 4.17. The third kappa shape index (κ3) is 5.43. The molecule has 0 saturated carbocycles. The van der Waals surface area contributed by atoms with Crippen molar-refractivity contribution < 1.29 is 0 Å². The summed E-state index contributed by atoms with van der Waals surface area (Å²) in [6.45, 7) is -0.611. The van der Waals surface area contributed by atoms with Crippen molar-refractivity contribution in [2.75, 3.05) is 40.9 Å². The molecular weight excluding hydrogens is 420 g/mol. The highest BCUT2D eigenvalue weighted by atomic mass is 15.4. The van der Waals surface area contributed by atoms with Gasteiger partial charge in [-0.3, -0.25) is 0 Å². The Morgan fingerprint density at radius 2 is 0.970 bits per heavy atom. The fraction of sp³-hybridized carbons (Fsp3) is 0.190. The molecule has 0 fully saturated rings. The lowest BCUT2D eigenvalue weighted by atomic mass is 10.4. The summed E-state index contributed by atoms with van der Waals surface area (Å²) in [5.74, 6) is 1.08. The first-order chi connectivity index (χ1) is 16.2. The Morgan fingerprint density at radius 1 is 0.576 bits per heavy atom. The summed E-state index contributed by atoms with van der Waals surface area (Å²) in [4.78, 5) is 26.3. The number of aromatic nitrogens is 5. The van der Waals surface area contributed by atoms with Crippen LogP contribution in [-0.4, -0.2) is 51.1 Å². The molecular formula is C21H16N12. The van der Waals surface area contributed by atoms with Crippen molar-refractivity contribution >= 4 is 29.5 Å². The highest BCUT2D eigenvalue weighted by Gasteiger charge is 2.23. The molecule has 0 amide bonds. The van der Waals surface area contributed by atoms with Crippen molar-refractivity contribution in [1.29, 1.82) is 21.0 Å². The van der Waals surface area contributed by atoms with Crippen LogP contribution >= 0.6 is 0 Å². The summed E-state index contributed by atoms with van der Waals surface area (Å²) in [7, 11) is 0. The molecule has 3 heterocycles. The molecule has 0 aromatic carbocycles. The second-order valence-corrected chi connectivity index (χ2v) is 6.29. The predicted octanol–water partition coefficient (Wildman–Crippen LogP) is 1.84. The molecule has 0 aliphatic heterocycles. The van der Waals surface area contributed by atoms with E-state index in [1.165, 1.54) is 9.80 Å². The van der Waals surface area contributed by atoms with Gasteiger partial charge in [0.25, 0.3) is 0 Å².